The van der Waals surface area contributed by atoms with Crippen molar-refractivity contribution in [2.24, 2.45) is 0 Å². The van der Waals surface area contributed by atoms with Crippen molar-refractivity contribution >= 4 is 17.7 Å². The van der Waals surface area contributed by atoms with E-state index >= 15 is 0 Å². The number of halogens is 2. The maximum Gasteiger partial charge on any atom is 0.342 e. The molecule has 0 unspecified atom stereocenters. The van der Waals surface area contributed by atoms with Gasteiger partial charge in [-0.25, -0.2) is 13.6 Å². The summed E-state index contributed by atoms with van der Waals surface area (Å²) >= 11 is 1.24. The van der Waals surface area contributed by atoms with Crippen LogP contribution < -0.4 is 4.74 Å². The summed E-state index contributed by atoms with van der Waals surface area (Å²) in [5.74, 6) is -2.17. The highest BCUT2D eigenvalue weighted by atomic mass is 32.2. The number of aromatic carboxylic acids is 1. The minimum Gasteiger partial charge on any atom is -0.492 e. The van der Waals surface area contributed by atoms with Crippen molar-refractivity contribution in [3.8, 4) is 5.75 Å². The number of benzene rings is 2. The number of carboxylic acid groups (broad SMARTS) is 1. The molecule has 6 heteroatoms. The van der Waals surface area contributed by atoms with Gasteiger partial charge in [0.25, 0.3) is 0 Å². The van der Waals surface area contributed by atoms with E-state index in [0.29, 0.717) is 10.6 Å². The highest BCUT2D eigenvalue weighted by molar-refractivity contribution is 7.99. The van der Waals surface area contributed by atoms with E-state index in [1.54, 1.807) is 18.2 Å². The van der Waals surface area contributed by atoms with Gasteiger partial charge in [-0.15, -0.1) is 11.8 Å². The maximum atomic E-state index is 13.4. The average Bonchev–Trinajstić information content (AvgIpc) is 2.45. The Kier molecular flexibility index (Phi) is 5.16. The van der Waals surface area contributed by atoms with Crippen molar-refractivity contribution in [3.05, 3.63) is 59.7 Å². The molecule has 0 amide bonds. The standard InChI is InChI=1S/C15H12F2O3S/c16-10-4-1-2-7-13(10)21-9-8-20-12-6-3-5-11(17)14(12)15(18)19/h1-7H,8-9H2,(H,18,19). The first-order valence-electron chi connectivity index (χ1n) is 6.11. The highest BCUT2D eigenvalue weighted by Gasteiger charge is 2.16. The van der Waals surface area contributed by atoms with Crippen LogP contribution in [0.25, 0.3) is 0 Å². The van der Waals surface area contributed by atoms with Gasteiger partial charge in [0, 0.05) is 10.6 Å². The molecule has 0 aliphatic carbocycles. The monoisotopic (exact) mass is 310 g/mol. The Balaban J connectivity index is 1.94. The number of hydrogen-bond acceptors (Lipinski definition) is 3. The van der Waals surface area contributed by atoms with E-state index < -0.39 is 17.3 Å². The second-order valence-electron chi connectivity index (χ2n) is 4.05. The molecule has 3 nitrogen and oxygen atoms in total. The summed E-state index contributed by atoms with van der Waals surface area (Å²) in [5, 5.41) is 8.94. The summed E-state index contributed by atoms with van der Waals surface area (Å²) in [6.07, 6.45) is 0. The summed E-state index contributed by atoms with van der Waals surface area (Å²) in [4.78, 5) is 11.5. The molecule has 0 fully saturated rings. The van der Waals surface area contributed by atoms with E-state index in [-0.39, 0.29) is 18.2 Å². The van der Waals surface area contributed by atoms with Crippen LogP contribution in [0.5, 0.6) is 5.75 Å². The molecule has 1 N–H and O–H groups in total. The zero-order chi connectivity index (χ0) is 15.2. The van der Waals surface area contributed by atoms with E-state index in [9.17, 15) is 13.6 Å². The van der Waals surface area contributed by atoms with Gasteiger partial charge in [-0.3, -0.25) is 0 Å². The SMILES string of the molecule is O=C(O)c1c(F)cccc1OCCSc1ccccc1F. The zero-order valence-electron chi connectivity index (χ0n) is 10.9. The quantitative estimate of drug-likeness (QED) is 0.650. The maximum absolute atomic E-state index is 13.4. The lowest BCUT2D eigenvalue weighted by Crippen LogP contribution is -2.08. The van der Waals surface area contributed by atoms with E-state index in [1.807, 2.05) is 0 Å². The predicted molar refractivity (Wildman–Crippen MR) is 76.0 cm³/mol. The number of ether oxygens (including phenoxy) is 1. The highest BCUT2D eigenvalue weighted by Crippen LogP contribution is 2.24. The molecule has 0 atom stereocenters. The average molecular weight is 310 g/mol. The molecule has 0 aromatic heterocycles. The first-order valence-corrected chi connectivity index (χ1v) is 7.10. The van der Waals surface area contributed by atoms with Crippen LogP contribution in [0.3, 0.4) is 0 Å². The summed E-state index contributed by atoms with van der Waals surface area (Å²) in [6.45, 7) is 0.142. The van der Waals surface area contributed by atoms with Crippen molar-refractivity contribution in [3.63, 3.8) is 0 Å². The van der Waals surface area contributed by atoms with Crippen LogP contribution >= 0.6 is 11.8 Å². The minimum absolute atomic E-state index is 0.0309. The molecule has 2 aromatic carbocycles. The molecular formula is C15H12F2O3S. The molecule has 0 bridgehead atoms. The van der Waals surface area contributed by atoms with Gasteiger partial charge in [0.2, 0.25) is 0 Å². The minimum atomic E-state index is -1.38. The Bertz CT molecular complexity index is 647. The Hall–Kier alpha value is -2.08. The molecule has 2 rings (SSSR count). The number of hydrogen-bond donors (Lipinski definition) is 1. The summed E-state index contributed by atoms with van der Waals surface area (Å²) in [6, 6.07) is 10.2. The third-order valence-electron chi connectivity index (χ3n) is 2.62. The molecule has 21 heavy (non-hydrogen) atoms. The van der Waals surface area contributed by atoms with Crippen LogP contribution in [-0.2, 0) is 0 Å². The topological polar surface area (TPSA) is 46.5 Å². The van der Waals surface area contributed by atoms with Gasteiger partial charge in [0.05, 0.1) is 6.61 Å². The van der Waals surface area contributed by atoms with Crippen molar-refractivity contribution in [2.75, 3.05) is 12.4 Å². The summed E-state index contributed by atoms with van der Waals surface area (Å²) in [5.41, 5.74) is -0.492. The van der Waals surface area contributed by atoms with E-state index in [1.165, 1.54) is 30.0 Å². The molecule has 0 saturated carbocycles. The van der Waals surface area contributed by atoms with Crippen LogP contribution in [0.1, 0.15) is 10.4 Å². The number of thioether (sulfide) groups is 1. The Morgan fingerprint density at radius 3 is 2.52 bits per heavy atom. The van der Waals surface area contributed by atoms with Crippen molar-refractivity contribution < 1.29 is 23.4 Å². The smallest absolute Gasteiger partial charge is 0.342 e. The molecule has 0 heterocycles. The molecule has 0 aliphatic heterocycles. The van der Waals surface area contributed by atoms with Gasteiger partial charge in [0.1, 0.15) is 22.9 Å². The third-order valence-corrected chi connectivity index (χ3v) is 3.64. The molecule has 0 aliphatic rings. The second kappa shape index (κ2) is 7.08. The fourth-order valence-corrected chi connectivity index (χ4v) is 2.46. The lowest BCUT2D eigenvalue weighted by Gasteiger charge is -2.09. The van der Waals surface area contributed by atoms with Crippen molar-refractivity contribution in [2.45, 2.75) is 4.90 Å². The van der Waals surface area contributed by atoms with Gasteiger partial charge < -0.3 is 9.84 Å². The lowest BCUT2D eigenvalue weighted by molar-refractivity contribution is 0.0687. The van der Waals surface area contributed by atoms with Crippen LogP contribution in [-0.4, -0.2) is 23.4 Å². The summed E-state index contributed by atoms with van der Waals surface area (Å²) < 4.78 is 32.1. The molecular weight excluding hydrogens is 298 g/mol. The molecule has 110 valence electrons. The normalized spacial score (nSPS) is 10.4. The van der Waals surface area contributed by atoms with E-state index in [2.05, 4.69) is 0 Å². The molecule has 0 spiro atoms. The van der Waals surface area contributed by atoms with Gasteiger partial charge in [-0.1, -0.05) is 18.2 Å². The number of carbonyl (C=O) groups is 1. The Morgan fingerprint density at radius 2 is 1.81 bits per heavy atom. The van der Waals surface area contributed by atoms with Crippen LogP contribution in [0.2, 0.25) is 0 Å². The van der Waals surface area contributed by atoms with Crippen LogP contribution in [0.15, 0.2) is 47.4 Å². The molecule has 2 aromatic rings. The van der Waals surface area contributed by atoms with Gasteiger partial charge in [-0.05, 0) is 24.3 Å². The second-order valence-corrected chi connectivity index (χ2v) is 5.18. The molecule has 0 saturated heterocycles. The lowest BCUT2D eigenvalue weighted by atomic mass is 10.2. The fraction of sp³-hybridized carbons (Fsp3) is 0.133. The zero-order valence-corrected chi connectivity index (χ0v) is 11.7. The predicted octanol–water partition coefficient (Wildman–Crippen LogP) is 3.83. The Labute approximate surface area is 124 Å². The molecule has 0 radical (unpaired) electrons. The first kappa shape index (κ1) is 15.3. The van der Waals surface area contributed by atoms with E-state index in [4.69, 9.17) is 9.84 Å². The van der Waals surface area contributed by atoms with Crippen LogP contribution in [0.4, 0.5) is 8.78 Å². The van der Waals surface area contributed by atoms with Crippen LogP contribution in [0, 0.1) is 11.6 Å². The Morgan fingerprint density at radius 1 is 1.10 bits per heavy atom. The van der Waals surface area contributed by atoms with Gasteiger partial charge >= 0.3 is 5.97 Å². The third kappa shape index (κ3) is 3.95. The number of carboxylic acids is 1. The van der Waals surface area contributed by atoms with Gasteiger partial charge in [-0.2, -0.15) is 0 Å². The largest absolute Gasteiger partial charge is 0.492 e. The fourth-order valence-electron chi connectivity index (χ4n) is 1.70. The van der Waals surface area contributed by atoms with Gasteiger partial charge in [0.15, 0.2) is 0 Å². The number of rotatable bonds is 6. The van der Waals surface area contributed by atoms with Crippen molar-refractivity contribution in [1.29, 1.82) is 0 Å². The summed E-state index contributed by atoms with van der Waals surface area (Å²) in [7, 11) is 0. The van der Waals surface area contributed by atoms with Crippen molar-refractivity contribution in [1.82, 2.24) is 0 Å². The first-order chi connectivity index (χ1) is 10.1. The van der Waals surface area contributed by atoms with E-state index in [0.717, 1.165) is 6.07 Å².